The van der Waals surface area contributed by atoms with Gasteiger partial charge in [0.15, 0.2) is 0 Å². The maximum atomic E-state index is 12.9. The number of hydrogen-bond acceptors (Lipinski definition) is 5. The van der Waals surface area contributed by atoms with E-state index in [9.17, 15) is 14.4 Å². The van der Waals surface area contributed by atoms with Crippen LogP contribution in [-0.4, -0.2) is 49.0 Å². The number of rotatable bonds is 6. The number of benzene rings is 1. The Bertz CT molecular complexity index is 787. The van der Waals surface area contributed by atoms with E-state index in [2.05, 4.69) is 10.6 Å². The first-order chi connectivity index (χ1) is 13.9. The summed E-state index contributed by atoms with van der Waals surface area (Å²) in [5, 5.41) is 5.70. The largest absolute Gasteiger partial charge is 0.497 e. The Morgan fingerprint density at radius 2 is 1.86 bits per heavy atom. The third-order valence-corrected chi connectivity index (χ3v) is 5.79. The van der Waals surface area contributed by atoms with E-state index in [1.54, 1.807) is 32.4 Å². The van der Waals surface area contributed by atoms with Crippen molar-refractivity contribution >= 4 is 17.8 Å². The van der Waals surface area contributed by atoms with Gasteiger partial charge >= 0.3 is 6.03 Å². The van der Waals surface area contributed by atoms with Gasteiger partial charge in [0.05, 0.1) is 20.3 Å². The Hall–Kier alpha value is -2.77. The first kappa shape index (κ1) is 21.0. The number of hydrogen-bond donors (Lipinski definition) is 2. The molecule has 1 aromatic rings. The van der Waals surface area contributed by atoms with Crippen LogP contribution in [0.3, 0.4) is 0 Å². The Morgan fingerprint density at radius 3 is 2.48 bits per heavy atom. The van der Waals surface area contributed by atoms with E-state index in [4.69, 9.17) is 9.47 Å². The molecule has 1 saturated heterocycles. The SMILES string of the molecule is COc1ccc(OC)c(C(C)NC(=O)CN2C(=O)NC3(CCCCCC3)C2=O)c1. The van der Waals surface area contributed by atoms with Crippen molar-refractivity contribution in [1.82, 2.24) is 15.5 Å². The van der Waals surface area contributed by atoms with E-state index < -0.39 is 17.5 Å². The smallest absolute Gasteiger partial charge is 0.325 e. The second-order valence-corrected chi connectivity index (χ2v) is 7.71. The third kappa shape index (κ3) is 4.31. The van der Waals surface area contributed by atoms with Gasteiger partial charge < -0.3 is 20.1 Å². The summed E-state index contributed by atoms with van der Waals surface area (Å²) in [5.41, 5.74) is -0.0900. The van der Waals surface area contributed by atoms with E-state index in [-0.39, 0.29) is 18.5 Å². The molecule has 1 aromatic carbocycles. The molecule has 1 aliphatic carbocycles. The standard InChI is InChI=1S/C21H29N3O5/c1-14(16-12-15(28-2)8-9-17(16)29-3)22-18(25)13-24-19(26)21(23-20(24)27)10-6-4-5-7-11-21/h8-9,12,14H,4-7,10-11,13H2,1-3H3,(H,22,25)(H,23,27). The summed E-state index contributed by atoms with van der Waals surface area (Å²) in [4.78, 5) is 39.0. The molecular weight excluding hydrogens is 374 g/mol. The van der Waals surface area contributed by atoms with Crippen molar-refractivity contribution in [2.45, 2.75) is 57.0 Å². The first-order valence-corrected chi connectivity index (χ1v) is 10.1. The van der Waals surface area contributed by atoms with Gasteiger partial charge in [0, 0.05) is 5.56 Å². The second-order valence-electron chi connectivity index (χ2n) is 7.71. The lowest BCUT2D eigenvalue weighted by Crippen LogP contribution is -2.47. The van der Waals surface area contributed by atoms with E-state index in [0.29, 0.717) is 24.3 Å². The van der Waals surface area contributed by atoms with Crippen LogP contribution in [0.15, 0.2) is 18.2 Å². The Balaban J connectivity index is 1.67. The molecule has 0 bridgehead atoms. The average Bonchev–Trinajstić information content (AvgIpc) is 2.87. The zero-order valence-electron chi connectivity index (χ0n) is 17.2. The summed E-state index contributed by atoms with van der Waals surface area (Å²) in [7, 11) is 3.12. The van der Waals surface area contributed by atoms with Crippen LogP contribution < -0.4 is 20.1 Å². The normalized spacial score (nSPS) is 19.5. The van der Waals surface area contributed by atoms with Crippen LogP contribution in [-0.2, 0) is 9.59 Å². The molecule has 2 aliphatic rings. The Kier molecular flexibility index (Phi) is 6.30. The molecule has 1 spiro atoms. The molecule has 1 atom stereocenters. The molecule has 8 nitrogen and oxygen atoms in total. The van der Waals surface area contributed by atoms with E-state index in [1.165, 1.54) is 0 Å². The van der Waals surface area contributed by atoms with Crippen LogP contribution in [0.2, 0.25) is 0 Å². The van der Waals surface area contributed by atoms with Gasteiger partial charge in [0.1, 0.15) is 23.6 Å². The Labute approximate surface area is 170 Å². The molecule has 29 heavy (non-hydrogen) atoms. The van der Waals surface area contributed by atoms with Crippen molar-refractivity contribution in [2.75, 3.05) is 20.8 Å². The van der Waals surface area contributed by atoms with Crippen molar-refractivity contribution in [3.63, 3.8) is 0 Å². The minimum Gasteiger partial charge on any atom is -0.497 e. The van der Waals surface area contributed by atoms with E-state index in [0.717, 1.165) is 36.1 Å². The highest BCUT2D eigenvalue weighted by atomic mass is 16.5. The number of urea groups is 1. The number of nitrogens with one attached hydrogen (secondary N) is 2. The minimum absolute atomic E-state index is 0.286. The monoisotopic (exact) mass is 403 g/mol. The molecule has 3 rings (SSSR count). The fourth-order valence-electron chi connectivity index (χ4n) is 4.18. The molecule has 158 valence electrons. The van der Waals surface area contributed by atoms with Gasteiger partial charge in [0.2, 0.25) is 5.91 Å². The predicted octanol–water partition coefficient (Wildman–Crippen LogP) is 2.53. The molecule has 1 unspecified atom stereocenters. The van der Waals surface area contributed by atoms with Crippen molar-refractivity contribution in [1.29, 1.82) is 0 Å². The quantitative estimate of drug-likeness (QED) is 0.712. The average molecular weight is 403 g/mol. The van der Waals surface area contributed by atoms with E-state index in [1.807, 2.05) is 6.92 Å². The zero-order chi connectivity index (χ0) is 21.0. The molecular formula is C21H29N3O5. The van der Waals surface area contributed by atoms with Gasteiger partial charge in [-0.25, -0.2) is 4.79 Å². The highest BCUT2D eigenvalue weighted by Gasteiger charge is 2.51. The fourth-order valence-corrected chi connectivity index (χ4v) is 4.18. The summed E-state index contributed by atoms with van der Waals surface area (Å²) in [6, 6.07) is 4.46. The van der Waals surface area contributed by atoms with Gasteiger partial charge in [0.25, 0.3) is 5.91 Å². The van der Waals surface area contributed by atoms with Gasteiger partial charge in [-0.3, -0.25) is 14.5 Å². The summed E-state index contributed by atoms with van der Waals surface area (Å²) in [6.07, 6.45) is 5.19. The summed E-state index contributed by atoms with van der Waals surface area (Å²) in [5.74, 6) is 0.569. The number of imide groups is 1. The number of ether oxygens (including phenoxy) is 2. The van der Waals surface area contributed by atoms with Crippen molar-refractivity contribution < 1.29 is 23.9 Å². The third-order valence-electron chi connectivity index (χ3n) is 5.79. The van der Waals surface area contributed by atoms with Gasteiger partial charge in [-0.15, -0.1) is 0 Å². The van der Waals surface area contributed by atoms with E-state index >= 15 is 0 Å². The molecule has 1 saturated carbocycles. The highest BCUT2D eigenvalue weighted by molar-refractivity contribution is 6.09. The molecule has 0 aromatic heterocycles. The highest BCUT2D eigenvalue weighted by Crippen LogP contribution is 2.33. The van der Waals surface area contributed by atoms with Gasteiger partial charge in [-0.1, -0.05) is 25.7 Å². The summed E-state index contributed by atoms with van der Waals surface area (Å²) >= 11 is 0. The van der Waals surface area contributed by atoms with Crippen LogP contribution in [0, 0.1) is 0 Å². The molecule has 2 N–H and O–H groups in total. The lowest BCUT2D eigenvalue weighted by Gasteiger charge is -2.24. The van der Waals surface area contributed by atoms with Gasteiger partial charge in [-0.2, -0.15) is 0 Å². The van der Waals surface area contributed by atoms with Crippen LogP contribution in [0.4, 0.5) is 4.79 Å². The molecule has 2 fully saturated rings. The minimum atomic E-state index is -0.838. The van der Waals surface area contributed by atoms with Crippen LogP contribution in [0.1, 0.15) is 57.1 Å². The lowest BCUT2D eigenvalue weighted by atomic mass is 9.90. The topological polar surface area (TPSA) is 97.0 Å². The molecule has 1 aliphatic heterocycles. The Morgan fingerprint density at radius 1 is 1.17 bits per heavy atom. The number of nitrogens with zero attached hydrogens (tertiary/aromatic N) is 1. The molecule has 0 radical (unpaired) electrons. The maximum absolute atomic E-state index is 12.9. The number of carbonyl (C=O) groups is 3. The van der Waals surface area contributed by atoms with Crippen LogP contribution >= 0.6 is 0 Å². The fraction of sp³-hybridized carbons (Fsp3) is 0.571. The predicted molar refractivity (Wildman–Crippen MR) is 107 cm³/mol. The maximum Gasteiger partial charge on any atom is 0.325 e. The van der Waals surface area contributed by atoms with Crippen molar-refractivity contribution in [2.24, 2.45) is 0 Å². The summed E-state index contributed by atoms with van der Waals surface area (Å²) in [6.45, 7) is 1.51. The number of carbonyl (C=O) groups excluding carboxylic acids is 3. The number of amides is 4. The molecule has 4 amide bonds. The first-order valence-electron chi connectivity index (χ1n) is 10.1. The summed E-state index contributed by atoms with van der Waals surface area (Å²) < 4.78 is 10.6. The zero-order valence-corrected chi connectivity index (χ0v) is 17.2. The lowest BCUT2D eigenvalue weighted by molar-refractivity contribution is -0.135. The number of methoxy groups -OCH3 is 2. The van der Waals surface area contributed by atoms with Crippen LogP contribution in [0.25, 0.3) is 0 Å². The van der Waals surface area contributed by atoms with Crippen molar-refractivity contribution in [3.8, 4) is 11.5 Å². The second kappa shape index (κ2) is 8.71. The molecule has 1 heterocycles. The van der Waals surface area contributed by atoms with Crippen LogP contribution in [0.5, 0.6) is 11.5 Å². The molecule has 8 heteroatoms. The van der Waals surface area contributed by atoms with Crippen molar-refractivity contribution in [3.05, 3.63) is 23.8 Å². The van der Waals surface area contributed by atoms with Gasteiger partial charge in [-0.05, 0) is 38.0 Å².